The molecule has 0 aromatic heterocycles. The fourth-order valence-electron chi connectivity index (χ4n) is 4.29. The lowest BCUT2D eigenvalue weighted by atomic mass is 10.1. The Balaban J connectivity index is 1.28. The molecule has 2 aliphatic rings. The molecular formula is C26H33N3O4. The maximum Gasteiger partial charge on any atom is 0.257 e. The van der Waals surface area contributed by atoms with Crippen LogP contribution < -0.4 is 10.1 Å². The SMILES string of the molecule is Cc1cccc(NC(=O)CN2CCN(C(=O)c3ccccc3OCC3CCCO3)CC2)c1C. The summed E-state index contributed by atoms with van der Waals surface area (Å²) in [6, 6.07) is 13.3. The number of amides is 2. The lowest BCUT2D eigenvalue weighted by Gasteiger charge is -2.34. The molecule has 7 nitrogen and oxygen atoms in total. The molecule has 1 atom stereocenters. The first-order valence-corrected chi connectivity index (χ1v) is 11.7. The second-order valence-corrected chi connectivity index (χ2v) is 8.81. The van der Waals surface area contributed by atoms with Crippen molar-refractivity contribution in [3.8, 4) is 5.75 Å². The number of piperazine rings is 1. The van der Waals surface area contributed by atoms with Crippen LogP contribution in [0.5, 0.6) is 5.75 Å². The Morgan fingerprint density at radius 3 is 2.61 bits per heavy atom. The number of para-hydroxylation sites is 1. The Bertz CT molecular complexity index is 979. The number of rotatable bonds is 7. The highest BCUT2D eigenvalue weighted by molar-refractivity contribution is 5.97. The van der Waals surface area contributed by atoms with Gasteiger partial charge in [-0.25, -0.2) is 0 Å². The first-order valence-electron chi connectivity index (χ1n) is 11.7. The molecule has 2 saturated heterocycles. The van der Waals surface area contributed by atoms with Gasteiger partial charge in [0.15, 0.2) is 0 Å². The van der Waals surface area contributed by atoms with Gasteiger partial charge in [0, 0.05) is 38.5 Å². The standard InChI is InChI=1S/C26H33N3O4/c1-19-7-5-10-23(20(19)2)27-25(30)17-28-12-14-29(15-13-28)26(31)22-9-3-4-11-24(22)33-18-21-8-6-16-32-21/h3-5,7,9-11,21H,6,8,12-18H2,1-2H3,(H,27,30). The summed E-state index contributed by atoms with van der Waals surface area (Å²) in [6.07, 6.45) is 2.16. The van der Waals surface area contributed by atoms with Crippen molar-refractivity contribution in [1.29, 1.82) is 0 Å². The Labute approximate surface area is 195 Å². The van der Waals surface area contributed by atoms with Gasteiger partial charge in [0.1, 0.15) is 12.4 Å². The summed E-state index contributed by atoms with van der Waals surface area (Å²) in [6.45, 7) is 8.08. The Morgan fingerprint density at radius 1 is 1.06 bits per heavy atom. The number of aryl methyl sites for hydroxylation is 1. The molecule has 0 spiro atoms. The first kappa shape index (κ1) is 23.3. The third-order valence-corrected chi connectivity index (χ3v) is 6.47. The van der Waals surface area contributed by atoms with Gasteiger partial charge < -0.3 is 19.7 Å². The van der Waals surface area contributed by atoms with E-state index in [0.717, 1.165) is 36.3 Å². The predicted molar refractivity (Wildman–Crippen MR) is 128 cm³/mol. The summed E-state index contributed by atoms with van der Waals surface area (Å²) >= 11 is 0. The molecule has 0 saturated carbocycles. The van der Waals surface area contributed by atoms with Crippen LogP contribution >= 0.6 is 0 Å². The summed E-state index contributed by atoms with van der Waals surface area (Å²) in [7, 11) is 0. The van der Waals surface area contributed by atoms with E-state index in [9.17, 15) is 9.59 Å². The Kier molecular flexibility index (Phi) is 7.62. The zero-order valence-corrected chi connectivity index (χ0v) is 19.5. The number of carbonyl (C=O) groups is 2. The van der Waals surface area contributed by atoms with Gasteiger partial charge in [0.05, 0.1) is 18.2 Å². The van der Waals surface area contributed by atoms with Gasteiger partial charge in [-0.05, 0) is 56.0 Å². The molecule has 1 unspecified atom stereocenters. The van der Waals surface area contributed by atoms with Crippen molar-refractivity contribution in [2.75, 3.05) is 51.3 Å². The van der Waals surface area contributed by atoms with Crippen LogP contribution in [0, 0.1) is 13.8 Å². The molecule has 7 heteroatoms. The van der Waals surface area contributed by atoms with E-state index in [0.29, 0.717) is 50.6 Å². The molecule has 2 aliphatic heterocycles. The number of anilines is 1. The third kappa shape index (κ3) is 5.92. The number of benzene rings is 2. The van der Waals surface area contributed by atoms with E-state index in [-0.39, 0.29) is 17.9 Å². The minimum absolute atomic E-state index is 0.0302. The fraction of sp³-hybridized carbons (Fsp3) is 0.462. The van der Waals surface area contributed by atoms with E-state index in [1.807, 2.05) is 61.2 Å². The fourth-order valence-corrected chi connectivity index (χ4v) is 4.29. The second-order valence-electron chi connectivity index (χ2n) is 8.81. The molecular weight excluding hydrogens is 418 g/mol. The van der Waals surface area contributed by atoms with E-state index in [2.05, 4.69) is 10.2 Å². The van der Waals surface area contributed by atoms with E-state index in [4.69, 9.17) is 9.47 Å². The van der Waals surface area contributed by atoms with E-state index in [1.165, 1.54) is 0 Å². The monoisotopic (exact) mass is 451 g/mol. The van der Waals surface area contributed by atoms with Gasteiger partial charge in [-0.15, -0.1) is 0 Å². The Morgan fingerprint density at radius 2 is 1.85 bits per heavy atom. The van der Waals surface area contributed by atoms with Crippen LogP contribution in [-0.4, -0.2) is 73.7 Å². The average molecular weight is 452 g/mol. The molecule has 2 aromatic rings. The highest BCUT2D eigenvalue weighted by Crippen LogP contribution is 2.23. The van der Waals surface area contributed by atoms with E-state index < -0.39 is 0 Å². The Hall–Kier alpha value is -2.90. The molecule has 2 amide bonds. The molecule has 0 aliphatic carbocycles. The highest BCUT2D eigenvalue weighted by atomic mass is 16.5. The van der Waals surface area contributed by atoms with Gasteiger partial charge >= 0.3 is 0 Å². The van der Waals surface area contributed by atoms with E-state index >= 15 is 0 Å². The van der Waals surface area contributed by atoms with Crippen LogP contribution in [0.2, 0.25) is 0 Å². The zero-order chi connectivity index (χ0) is 23.2. The summed E-state index contributed by atoms with van der Waals surface area (Å²) in [5.41, 5.74) is 3.67. The average Bonchev–Trinajstić information content (AvgIpc) is 3.35. The summed E-state index contributed by atoms with van der Waals surface area (Å²) in [4.78, 5) is 29.6. The van der Waals surface area contributed by atoms with Crippen molar-refractivity contribution in [2.45, 2.75) is 32.8 Å². The topological polar surface area (TPSA) is 71.1 Å². The van der Waals surface area contributed by atoms with E-state index in [1.54, 1.807) is 0 Å². The molecule has 2 fully saturated rings. The number of ether oxygens (including phenoxy) is 2. The number of hydrogen-bond acceptors (Lipinski definition) is 5. The molecule has 33 heavy (non-hydrogen) atoms. The molecule has 176 valence electrons. The number of carbonyl (C=O) groups excluding carboxylic acids is 2. The maximum atomic E-state index is 13.2. The smallest absolute Gasteiger partial charge is 0.257 e. The molecule has 0 bridgehead atoms. The lowest BCUT2D eigenvalue weighted by molar-refractivity contribution is -0.117. The quantitative estimate of drug-likeness (QED) is 0.700. The normalized spacial score (nSPS) is 18.8. The number of nitrogens with zero attached hydrogens (tertiary/aromatic N) is 2. The minimum atomic E-state index is -0.0312. The van der Waals surface area contributed by atoms with Crippen LogP contribution in [0.1, 0.15) is 34.3 Å². The largest absolute Gasteiger partial charge is 0.490 e. The van der Waals surface area contributed by atoms with Crippen molar-refractivity contribution in [3.05, 3.63) is 59.2 Å². The van der Waals surface area contributed by atoms with Crippen molar-refractivity contribution < 1.29 is 19.1 Å². The van der Waals surface area contributed by atoms with Crippen molar-refractivity contribution in [1.82, 2.24) is 9.80 Å². The third-order valence-electron chi connectivity index (χ3n) is 6.47. The number of hydrogen-bond donors (Lipinski definition) is 1. The lowest BCUT2D eigenvalue weighted by Crippen LogP contribution is -2.50. The van der Waals surface area contributed by atoms with Crippen LogP contribution in [0.15, 0.2) is 42.5 Å². The molecule has 2 aromatic carbocycles. The van der Waals surface area contributed by atoms with Gasteiger partial charge in [-0.3, -0.25) is 14.5 Å². The maximum absolute atomic E-state index is 13.2. The zero-order valence-electron chi connectivity index (χ0n) is 19.5. The van der Waals surface area contributed by atoms with Crippen molar-refractivity contribution in [3.63, 3.8) is 0 Å². The van der Waals surface area contributed by atoms with Gasteiger partial charge in [0.2, 0.25) is 5.91 Å². The first-order chi connectivity index (χ1) is 16.0. The summed E-state index contributed by atoms with van der Waals surface area (Å²) < 4.78 is 11.6. The summed E-state index contributed by atoms with van der Waals surface area (Å²) in [5.74, 6) is 0.544. The number of nitrogens with one attached hydrogen (secondary N) is 1. The molecule has 4 rings (SSSR count). The second kappa shape index (κ2) is 10.8. The van der Waals surface area contributed by atoms with Crippen LogP contribution in [0.3, 0.4) is 0 Å². The highest BCUT2D eigenvalue weighted by Gasteiger charge is 2.26. The van der Waals surface area contributed by atoms with Crippen molar-refractivity contribution in [2.24, 2.45) is 0 Å². The molecule has 0 radical (unpaired) electrons. The van der Waals surface area contributed by atoms with Gasteiger partial charge in [-0.2, -0.15) is 0 Å². The van der Waals surface area contributed by atoms with Gasteiger partial charge in [0.25, 0.3) is 5.91 Å². The van der Waals surface area contributed by atoms with Crippen molar-refractivity contribution >= 4 is 17.5 Å². The van der Waals surface area contributed by atoms with Crippen LogP contribution in [0.4, 0.5) is 5.69 Å². The predicted octanol–water partition coefficient (Wildman–Crippen LogP) is 3.26. The molecule has 1 N–H and O–H groups in total. The minimum Gasteiger partial charge on any atom is -0.490 e. The molecule has 2 heterocycles. The van der Waals surface area contributed by atoms with Crippen LogP contribution in [-0.2, 0) is 9.53 Å². The van der Waals surface area contributed by atoms with Gasteiger partial charge in [-0.1, -0.05) is 24.3 Å². The summed E-state index contributed by atoms with van der Waals surface area (Å²) in [5, 5.41) is 3.01. The van der Waals surface area contributed by atoms with Crippen LogP contribution in [0.25, 0.3) is 0 Å².